The van der Waals surface area contributed by atoms with Gasteiger partial charge in [0.05, 0.1) is 29.7 Å². The summed E-state index contributed by atoms with van der Waals surface area (Å²) in [5.41, 5.74) is 2.89. The van der Waals surface area contributed by atoms with E-state index in [0.717, 1.165) is 11.3 Å². The smallest absolute Gasteiger partial charge is 0.338 e. The molecule has 2 atom stereocenters. The van der Waals surface area contributed by atoms with Crippen molar-refractivity contribution >= 4 is 28.6 Å². The number of aliphatic hydroxyl groups is 1. The number of anilines is 1. The van der Waals surface area contributed by atoms with Crippen molar-refractivity contribution in [2.75, 3.05) is 17.3 Å². The SMILES string of the molecule is CCOC(=O)C1=C(C)N=C2SC[C@@](O)(N(c3ccccc3)C(C)C)N2[C@@H]1c1ccccc1. The number of fused-ring (bicyclic) bond motifs is 1. The molecule has 2 heterocycles. The van der Waals surface area contributed by atoms with Crippen LogP contribution in [-0.4, -0.2) is 45.4 Å². The highest BCUT2D eigenvalue weighted by Crippen LogP contribution is 2.48. The van der Waals surface area contributed by atoms with Crippen LogP contribution in [0.25, 0.3) is 0 Å². The van der Waals surface area contributed by atoms with Crippen LogP contribution < -0.4 is 4.90 Å². The van der Waals surface area contributed by atoms with E-state index in [1.54, 1.807) is 6.92 Å². The van der Waals surface area contributed by atoms with Crippen LogP contribution in [0, 0.1) is 0 Å². The van der Waals surface area contributed by atoms with E-state index in [0.29, 0.717) is 22.2 Å². The molecule has 1 saturated heterocycles. The Hall–Kier alpha value is -2.77. The van der Waals surface area contributed by atoms with Crippen LogP contribution in [0.15, 0.2) is 76.9 Å². The van der Waals surface area contributed by atoms with Gasteiger partial charge in [-0.05, 0) is 45.4 Å². The molecule has 0 bridgehead atoms. The molecule has 168 valence electrons. The number of rotatable bonds is 6. The van der Waals surface area contributed by atoms with E-state index >= 15 is 0 Å². The van der Waals surface area contributed by atoms with Crippen molar-refractivity contribution in [3.05, 3.63) is 77.5 Å². The van der Waals surface area contributed by atoms with Gasteiger partial charge in [0, 0.05) is 11.7 Å². The molecule has 0 radical (unpaired) electrons. The Bertz CT molecular complexity index is 1040. The standard InChI is InChI=1S/C25H29N3O3S/c1-5-31-23(29)21-18(4)26-24-28(22(21)19-12-8-6-9-13-19)25(30,16-32-24)27(17(2)3)20-14-10-7-11-15-20/h6-15,17,22,30H,5,16H2,1-4H3/t22-,25-/m1/s1. The minimum Gasteiger partial charge on any atom is -0.463 e. The highest BCUT2D eigenvalue weighted by atomic mass is 32.2. The van der Waals surface area contributed by atoms with Gasteiger partial charge in [0.25, 0.3) is 0 Å². The molecule has 0 aliphatic carbocycles. The second-order valence-electron chi connectivity index (χ2n) is 8.16. The van der Waals surface area contributed by atoms with Crippen LogP contribution in [0.1, 0.15) is 39.3 Å². The number of nitrogens with zero attached hydrogens (tertiary/aromatic N) is 3. The molecule has 2 aromatic rings. The molecule has 0 amide bonds. The second-order valence-corrected chi connectivity index (χ2v) is 9.10. The highest BCUT2D eigenvalue weighted by Gasteiger charge is 2.55. The molecule has 1 N–H and O–H groups in total. The maximum absolute atomic E-state index is 13.1. The largest absolute Gasteiger partial charge is 0.463 e. The highest BCUT2D eigenvalue weighted by molar-refractivity contribution is 8.14. The number of thioether (sulfide) groups is 1. The summed E-state index contributed by atoms with van der Waals surface area (Å²) in [7, 11) is 0. The van der Waals surface area contributed by atoms with Gasteiger partial charge in [-0.25, -0.2) is 9.79 Å². The molecule has 2 aliphatic rings. The van der Waals surface area contributed by atoms with Crippen LogP contribution in [0.4, 0.5) is 5.69 Å². The van der Waals surface area contributed by atoms with Gasteiger partial charge in [0.2, 0.25) is 5.85 Å². The predicted octanol–water partition coefficient (Wildman–Crippen LogP) is 4.54. The van der Waals surface area contributed by atoms with E-state index in [1.807, 2.05) is 77.4 Å². The predicted molar refractivity (Wildman–Crippen MR) is 129 cm³/mol. The number of benzene rings is 2. The lowest BCUT2D eigenvalue weighted by atomic mass is 9.93. The summed E-state index contributed by atoms with van der Waals surface area (Å²) in [5.74, 6) is -1.40. The zero-order valence-electron chi connectivity index (χ0n) is 18.9. The third-order valence-corrected chi connectivity index (χ3v) is 6.80. The van der Waals surface area contributed by atoms with Gasteiger partial charge < -0.3 is 14.7 Å². The Morgan fingerprint density at radius 1 is 1.22 bits per heavy atom. The zero-order chi connectivity index (χ0) is 22.9. The lowest BCUT2D eigenvalue weighted by Crippen LogP contribution is -2.64. The quantitative estimate of drug-likeness (QED) is 0.514. The van der Waals surface area contributed by atoms with Crippen molar-refractivity contribution in [3.8, 4) is 0 Å². The molecule has 0 unspecified atom stereocenters. The van der Waals surface area contributed by atoms with Gasteiger partial charge in [0.15, 0.2) is 5.17 Å². The van der Waals surface area contributed by atoms with Crippen molar-refractivity contribution in [2.24, 2.45) is 4.99 Å². The minimum absolute atomic E-state index is 0.00294. The van der Waals surface area contributed by atoms with Gasteiger partial charge in [-0.2, -0.15) is 0 Å². The molecule has 4 rings (SSSR count). The number of amidine groups is 1. The van der Waals surface area contributed by atoms with E-state index in [9.17, 15) is 9.90 Å². The molecule has 1 fully saturated rings. The van der Waals surface area contributed by atoms with Gasteiger partial charge in [0.1, 0.15) is 0 Å². The normalized spacial score (nSPS) is 22.6. The third kappa shape index (κ3) is 3.80. The van der Waals surface area contributed by atoms with Crippen molar-refractivity contribution in [2.45, 2.75) is 45.6 Å². The number of para-hydroxylation sites is 1. The maximum atomic E-state index is 13.1. The first kappa shape index (κ1) is 22.4. The van der Waals surface area contributed by atoms with Crippen molar-refractivity contribution in [3.63, 3.8) is 0 Å². The van der Waals surface area contributed by atoms with Crippen molar-refractivity contribution < 1.29 is 14.6 Å². The molecule has 7 heteroatoms. The number of hydrogen-bond acceptors (Lipinski definition) is 7. The molecule has 32 heavy (non-hydrogen) atoms. The van der Waals surface area contributed by atoms with Crippen LogP contribution in [-0.2, 0) is 9.53 Å². The molecule has 0 spiro atoms. The van der Waals surface area contributed by atoms with E-state index in [1.165, 1.54) is 11.8 Å². The summed E-state index contributed by atoms with van der Waals surface area (Å²) >= 11 is 1.50. The van der Waals surface area contributed by atoms with Crippen LogP contribution in [0.3, 0.4) is 0 Å². The molecule has 2 aromatic carbocycles. The lowest BCUT2D eigenvalue weighted by Gasteiger charge is -2.50. The second kappa shape index (κ2) is 9.00. The number of allylic oxidation sites excluding steroid dienone is 1. The van der Waals surface area contributed by atoms with Gasteiger partial charge in [-0.3, -0.25) is 4.90 Å². The topological polar surface area (TPSA) is 65.4 Å². The summed E-state index contributed by atoms with van der Waals surface area (Å²) in [6.45, 7) is 8.01. The van der Waals surface area contributed by atoms with Crippen molar-refractivity contribution in [1.82, 2.24) is 4.90 Å². The van der Waals surface area contributed by atoms with Crippen LogP contribution in [0.5, 0.6) is 0 Å². The average Bonchev–Trinajstić information content (AvgIpc) is 3.10. The van der Waals surface area contributed by atoms with Crippen molar-refractivity contribution in [1.29, 1.82) is 0 Å². The Labute approximate surface area is 193 Å². The Morgan fingerprint density at radius 2 is 1.84 bits per heavy atom. The summed E-state index contributed by atoms with van der Waals surface area (Å²) in [6.07, 6.45) is 0. The van der Waals surface area contributed by atoms with Gasteiger partial charge >= 0.3 is 5.97 Å². The zero-order valence-corrected chi connectivity index (χ0v) is 19.7. The number of esters is 1. The number of carbonyl (C=O) groups is 1. The summed E-state index contributed by atoms with van der Waals surface area (Å²) in [6, 6.07) is 19.1. The lowest BCUT2D eigenvalue weighted by molar-refractivity contribution is -0.140. The van der Waals surface area contributed by atoms with E-state index in [-0.39, 0.29) is 12.6 Å². The fraction of sp³-hybridized carbons (Fsp3) is 0.360. The Morgan fingerprint density at radius 3 is 2.44 bits per heavy atom. The Kier molecular flexibility index (Phi) is 6.31. The van der Waals surface area contributed by atoms with E-state index in [4.69, 9.17) is 9.73 Å². The number of carbonyl (C=O) groups excluding carboxylic acids is 1. The fourth-order valence-corrected chi connectivity index (χ4v) is 5.69. The summed E-state index contributed by atoms with van der Waals surface area (Å²) in [5, 5.41) is 13.0. The van der Waals surface area contributed by atoms with E-state index < -0.39 is 17.9 Å². The maximum Gasteiger partial charge on any atom is 0.338 e. The van der Waals surface area contributed by atoms with E-state index in [2.05, 4.69) is 13.8 Å². The first-order chi connectivity index (χ1) is 15.4. The summed E-state index contributed by atoms with van der Waals surface area (Å²) < 4.78 is 5.42. The van der Waals surface area contributed by atoms with Crippen LogP contribution >= 0.6 is 11.8 Å². The molecule has 2 aliphatic heterocycles. The number of hydrogen-bond donors (Lipinski definition) is 1. The molecular formula is C25H29N3O3S. The van der Waals surface area contributed by atoms with Crippen LogP contribution in [0.2, 0.25) is 0 Å². The minimum atomic E-state index is -1.39. The third-order valence-electron chi connectivity index (χ3n) is 5.72. The van der Waals surface area contributed by atoms with Gasteiger partial charge in [-0.1, -0.05) is 60.3 Å². The molecular weight excluding hydrogens is 422 g/mol. The molecule has 0 aromatic heterocycles. The number of ether oxygens (including phenoxy) is 1. The Balaban J connectivity index is 1.89. The first-order valence-corrected chi connectivity index (χ1v) is 11.9. The fourth-order valence-electron chi connectivity index (χ4n) is 4.50. The summed E-state index contributed by atoms with van der Waals surface area (Å²) in [4.78, 5) is 21.7. The average molecular weight is 452 g/mol. The number of aliphatic imine (C=N–C) groups is 1. The first-order valence-electron chi connectivity index (χ1n) is 10.9. The van der Waals surface area contributed by atoms with Gasteiger partial charge in [-0.15, -0.1) is 0 Å². The molecule has 6 nitrogen and oxygen atoms in total. The molecule has 0 saturated carbocycles. The monoisotopic (exact) mass is 451 g/mol.